The summed E-state index contributed by atoms with van der Waals surface area (Å²) in [6.45, 7) is 4.58. The van der Waals surface area contributed by atoms with Gasteiger partial charge in [-0.05, 0) is 64.2 Å². The zero-order valence-electron chi connectivity index (χ0n) is 18.3. The highest BCUT2D eigenvalue weighted by molar-refractivity contribution is 7.09. The summed E-state index contributed by atoms with van der Waals surface area (Å²) in [4.78, 5) is 27.0. The minimum Gasteiger partial charge on any atom is -0.352 e. The van der Waals surface area contributed by atoms with Crippen LogP contribution in [-0.4, -0.2) is 37.2 Å². The Morgan fingerprint density at radius 2 is 2.09 bits per heavy atom. The minimum absolute atomic E-state index is 0.0620. The molecule has 1 aliphatic carbocycles. The largest absolute Gasteiger partial charge is 0.352 e. The van der Waals surface area contributed by atoms with Crippen molar-refractivity contribution >= 4 is 28.3 Å². The third kappa shape index (κ3) is 4.27. The number of aryl methyl sites for hydroxylation is 3. The molecule has 0 spiro atoms. The summed E-state index contributed by atoms with van der Waals surface area (Å²) in [5.41, 5.74) is 4.19. The van der Waals surface area contributed by atoms with E-state index < -0.39 is 0 Å². The number of fused-ring (bicyclic) bond motifs is 1. The van der Waals surface area contributed by atoms with Crippen LogP contribution in [0.1, 0.15) is 64.0 Å². The van der Waals surface area contributed by atoms with Crippen LogP contribution in [0.5, 0.6) is 0 Å². The molecule has 164 valence electrons. The molecule has 0 saturated heterocycles. The van der Waals surface area contributed by atoms with Crippen LogP contribution >= 0.6 is 11.3 Å². The molecule has 1 saturated carbocycles. The number of carbonyl (C=O) groups excluding carboxylic acids is 1. The summed E-state index contributed by atoms with van der Waals surface area (Å²) in [7, 11) is 0. The van der Waals surface area contributed by atoms with E-state index in [4.69, 9.17) is 4.98 Å². The molecule has 0 aliphatic heterocycles. The van der Waals surface area contributed by atoms with Crippen LogP contribution in [-0.2, 0) is 6.42 Å². The number of nitrogens with zero attached hydrogens (tertiary/aromatic N) is 5. The van der Waals surface area contributed by atoms with Crippen LogP contribution in [0.2, 0.25) is 0 Å². The molecule has 0 radical (unpaired) electrons. The number of carbonyl (C=O) groups is 1. The normalized spacial score (nSPS) is 13.6. The molecular formula is C24H26N6OS. The number of amides is 1. The van der Waals surface area contributed by atoms with Crippen molar-refractivity contribution in [2.24, 2.45) is 0 Å². The highest BCUT2D eigenvalue weighted by Gasteiger charge is 2.29. The Bertz CT molecular complexity index is 1260. The third-order valence-corrected chi connectivity index (χ3v) is 6.74. The second-order valence-electron chi connectivity index (χ2n) is 8.35. The van der Waals surface area contributed by atoms with E-state index in [1.807, 2.05) is 38.1 Å². The van der Waals surface area contributed by atoms with E-state index in [1.165, 1.54) is 0 Å². The molecule has 1 aliphatic rings. The summed E-state index contributed by atoms with van der Waals surface area (Å²) < 4.78 is 1.75. The Hall–Kier alpha value is -3.13. The lowest BCUT2D eigenvalue weighted by Crippen LogP contribution is -2.25. The van der Waals surface area contributed by atoms with E-state index in [-0.39, 0.29) is 5.91 Å². The summed E-state index contributed by atoms with van der Waals surface area (Å²) in [5.74, 6) is 1.07. The molecule has 4 aromatic rings. The molecule has 1 amide bonds. The molecule has 0 bridgehead atoms. The van der Waals surface area contributed by atoms with Crippen LogP contribution in [0.3, 0.4) is 0 Å². The van der Waals surface area contributed by atoms with Gasteiger partial charge >= 0.3 is 0 Å². The molecular weight excluding hydrogens is 420 g/mol. The average molecular weight is 447 g/mol. The molecule has 1 fully saturated rings. The maximum atomic E-state index is 13.2. The molecule has 8 heteroatoms. The van der Waals surface area contributed by atoms with Crippen molar-refractivity contribution < 1.29 is 4.79 Å². The van der Waals surface area contributed by atoms with Crippen molar-refractivity contribution in [3.63, 3.8) is 0 Å². The number of hydrogen-bond donors (Lipinski definition) is 1. The maximum Gasteiger partial charge on any atom is 0.252 e. The Morgan fingerprint density at radius 1 is 1.22 bits per heavy atom. The Labute approximate surface area is 190 Å². The highest BCUT2D eigenvalue weighted by Crippen LogP contribution is 2.40. The molecule has 32 heavy (non-hydrogen) atoms. The molecule has 0 aromatic carbocycles. The molecule has 0 unspecified atom stereocenters. The van der Waals surface area contributed by atoms with Crippen molar-refractivity contribution in [2.45, 2.75) is 51.9 Å². The third-order valence-electron chi connectivity index (χ3n) is 5.71. The molecule has 7 nitrogen and oxygen atoms in total. The van der Waals surface area contributed by atoms with Crippen molar-refractivity contribution in [3.05, 3.63) is 63.5 Å². The maximum absolute atomic E-state index is 13.2. The summed E-state index contributed by atoms with van der Waals surface area (Å²) in [5, 5.41) is 11.8. The lowest BCUT2D eigenvalue weighted by atomic mass is 10.1. The minimum atomic E-state index is -0.0620. The quantitative estimate of drug-likeness (QED) is 0.402. The SMILES string of the molecule is Cc1csc(CCCCNC(=O)c2cc(C3CC3)nc3c2c(C)nn3-c2ccccn2)n1. The van der Waals surface area contributed by atoms with E-state index in [0.29, 0.717) is 29.5 Å². The van der Waals surface area contributed by atoms with Gasteiger partial charge in [0.2, 0.25) is 0 Å². The van der Waals surface area contributed by atoms with E-state index in [2.05, 4.69) is 25.8 Å². The van der Waals surface area contributed by atoms with E-state index in [9.17, 15) is 4.79 Å². The van der Waals surface area contributed by atoms with Gasteiger partial charge in [0.15, 0.2) is 11.5 Å². The van der Waals surface area contributed by atoms with Gasteiger partial charge in [-0.2, -0.15) is 9.78 Å². The standard InChI is InChI=1S/C24H26N6OS/c1-15-14-32-21(27-15)8-4-6-12-26-24(31)18-13-19(17-9-10-17)28-23-22(18)16(2)29-30(23)20-7-3-5-11-25-20/h3,5,7,11,13-14,17H,4,6,8-10,12H2,1-2H3,(H,26,31). The number of rotatable bonds is 8. The lowest BCUT2D eigenvalue weighted by Gasteiger charge is -2.09. The highest BCUT2D eigenvalue weighted by atomic mass is 32.1. The van der Waals surface area contributed by atoms with Crippen molar-refractivity contribution in [1.29, 1.82) is 0 Å². The van der Waals surface area contributed by atoms with Crippen LogP contribution in [0.15, 0.2) is 35.8 Å². The summed E-state index contributed by atoms with van der Waals surface area (Å²) >= 11 is 1.70. The van der Waals surface area contributed by atoms with Gasteiger partial charge in [-0.3, -0.25) is 4.79 Å². The molecule has 0 atom stereocenters. The van der Waals surface area contributed by atoms with Gasteiger partial charge in [-0.15, -0.1) is 11.3 Å². The Balaban J connectivity index is 1.36. The van der Waals surface area contributed by atoms with Gasteiger partial charge in [0, 0.05) is 35.4 Å². The average Bonchev–Trinajstić information content (AvgIpc) is 3.50. The van der Waals surface area contributed by atoms with Gasteiger partial charge < -0.3 is 5.32 Å². The fourth-order valence-corrected chi connectivity index (χ4v) is 4.75. The zero-order valence-corrected chi connectivity index (χ0v) is 19.2. The van der Waals surface area contributed by atoms with E-state index >= 15 is 0 Å². The lowest BCUT2D eigenvalue weighted by molar-refractivity contribution is 0.0954. The van der Waals surface area contributed by atoms with Gasteiger partial charge in [0.25, 0.3) is 5.91 Å². The molecule has 4 aromatic heterocycles. The van der Waals surface area contributed by atoms with Gasteiger partial charge in [0.05, 0.1) is 21.7 Å². The predicted octanol–water partition coefficient (Wildman–Crippen LogP) is 4.52. The van der Waals surface area contributed by atoms with E-state index in [1.54, 1.807) is 22.2 Å². The monoisotopic (exact) mass is 446 g/mol. The van der Waals surface area contributed by atoms with Crippen molar-refractivity contribution in [1.82, 2.24) is 30.0 Å². The van der Waals surface area contributed by atoms with Crippen molar-refractivity contribution in [3.8, 4) is 5.82 Å². The first kappa shape index (κ1) is 20.8. The number of pyridine rings is 2. The number of aromatic nitrogens is 5. The van der Waals surface area contributed by atoms with Gasteiger partial charge in [-0.1, -0.05) is 6.07 Å². The molecule has 5 rings (SSSR count). The van der Waals surface area contributed by atoms with Crippen molar-refractivity contribution in [2.75, 3.05) is 6.54 Å². The second kappa shape index (κ2) is 8.78. The second-order valence-corrected chi connectivity index (χ2v) is 9.29. The fourth-order valence-electron chi connectivity index (χ4n) is 3.93. The number of thiazole rings is 1. The number of nitrogens with one attached hydrogen (secondary N) is 1. The van der Waals surface area contributed by atoms with Crippen LogP contribution < -0.4 is 5.32 Å². The number of unbranched alkanes of at least 4 members (excludes halogenated alkanes) is 1. The topological polar surface area (TPSA) is 85.6 Å². The summed E-state index contributed by atoms with van der Waals surface area (Å²) in [6, 6.07) is 7.67. The first-order valence-electron chi connectivity index (χ1n) is 11.1. The van der Waals surface area contributed by atoms with Crippen LogP contribution in [0.4, 0.5) is 0 Å². The fraction of sp³-hybridized carbons (Fsp3) is 0.375. The molecule has 4 heterocycles. The van der Waals surface area contributed by atoms with Gasteiger partial charge in [-0.25, -0.2) is 15.0 Å². The first-order chi connectivity index (χ1) is 15.6. The molecule has 1 N–H and O–H groups in total. The predicted molar refractivity (Wildman–Crippen MR) is 125 cm³/mol. The zero-order chi connectivity index (χ0) is 22.1. The first-order valence-corrected chi connectivity index (χ1v) is 12.0. The Morgan fingerprint density at radius 3 is 2.81 bits per heavy atom. The summed E-state index contributed by atoms with van der Waals surface area (Å²) in [6.07, 6.45) is 6.85. The van der Waals surface area contributed by atoms with E-state index in [0.717, 1.165) is 59.6 Å². The van der Waals surface area contributed by atoms with Crippen LogP contribution in [0, 0.1) is 13.8 Å². The van der Waals surface area contributed by atoms with Crippen LogP contribution in [0.25, 0.3) is 16.9 Å². The van der Waals surface area contributed by atoms with Gasteiger partial charge in [0.1, 0.15) is 0 Å². The Kier molecular flexibility index (Phi) is 5.70. The number of hydrogen-bond acceptors (Lipinski definition) is 6. The smallest absolute Gasteiger partial charge is 0.252 e.